The molecule has 0 N–H and O–H groups in total. The highest BCUT2D eigenvalue weighted by Gasteiger charge is 2.22. The first kappa shape index (κ1) is 22.7. The first-order chi connectivity index (χ1) is 16.9. The number of rotatable bonds is 4. The van der Waals surface area contributed by atoms with Crippen LogP contribution in [0.25, 0.3) is 22.3 Å². The van der Waals surface area contributed by atoms with E-state index in [9.17, 15) is 10.1 Å². The van der Waals surface area contributed by atoms with Crippen LogP contribution in [-0.2, 0) is 0 Å². The van der Waals surface area contributed by atoms with E-state index >= 15 is 0 Å². The Bertz CT molecular complexity index is 1570. The quantitative estimate of drug-likeness (QED) is 0.355. The monoisotopic (exact) mass is 489 g/mol. The summed E-state index contributed by atoms with van der Waals surface area (Å²) in [6.07, 6.45) is 1.03. The summed E-state index contributed by atoms with van der Waals surface area (Å²) in [4.78, 5) is 21.7. The van der Waals surface area contributed by atoms with Gasteiger partial charge >= 0.3 is 0 Å². The van der Waals surface area contributed by atoms with Gasteiger partial charge in [-0.05, 0) is 56.7 Å². The van der Waals surface area contributed by atoms with E-state index in [1.54, 1.807) is 37.4 Å². The SMILES string of the molecule is Cc1cc([C@@H](C)Oc2ccc(Cl)nc2C#N)c2oc(-c3cnc4c(c3)OCCO4)c(C)c(=O)c2c1. The van der Waals surface area contributed by atoms with Crippen LogP contribution >= 0.6 is 11.6 Å². The Morgan fingerprint density at radius 3 is 2.77 bits per heavy atom. The van der Waals surface area contributed by atoms with Gasteiger partial charge in [-0.3, -0.25) is 4.79 Å². The van der Waals surface area contributed by atoms with Gasteiger partial charge in [-0.15, -0.1) is 0 Å². The van der Waals surface area contributed by atoms with Crippen LogP contribution in [0, 0.1) is 25.2 Å². The second-order valence-electron chi connectivity index (χ2n) is 8.19. The zero-order chi connectivity index (χ0) is 24.7. The highest BCUT2D eigenvalue weighted by molar-refractivity contribution is 6.29. The van der Waals surface area contributed by atoms with Crippen molar-refractivity contribution in [3.63, 3.8) is 0 Å². The number of aromatic nitrogens is 2. The van der Waals surface area contributed by atoms with Crippen molar-refractivity contribution in [3.05, 3.63) is 74.3 Å². The molecule has 8 nitrogen and oxygen atoms in total. The van der Waals surface area contributed by atoms with Gasteiger partial charge in [0.15, 0.2) is 22.6 Å². The summed E-state index contributed by atoms with van der Waals surface area (Å²) in [5.74, 6) is 1.57. The van der Waals surface area contributed by atoms with Crippen LogP contribution in [0.1, 0.15) is 35.4 Å². The Labute approximate surface area is 205 Å². The first-order valence-corrected chi connectivity index (χ1v) is 11.3. The van der Waals surface area contributed by atoms with E-state index in [4.69, 9.17) is 30.2 Å². The number of benzene rings is 1. The third kappa shape index (κ3) is 4.15. The number of nitriles is 1. The molecule has 35 heavy (non-hydrogen) atoms. The zero-order valence-electron chi connectivity index (χ0n) is 19.2. The molecule has 0 saturated carbocycles. The molecule has 1 atom stereocenters. The van der Waals surface area contributed by atoms with E-state index in [1.165, 1.54) is 0 Å². The van der Waals surface area contributed by atoms with Gasteiger partial charge in [0.2, 0.25) is 0 Å². The van der Waals surface area contributed by atoms with Gasteiger partial charge in [0, 0.05) is 22.9 Å². The van der Waals surface area contributed by atoms with E-state index in [1.807, 2.05) is 26.0 Å². The van der Waals surface area contributed by atoms with Crippen molar-refractivity contribution >= 4 is 22.6 Å². The van der Waals surface area contributed by atoms with Gasteiger partial charge < -0.3 is 18.6 Å². The summed E-state index contributed by atoms with van der Waals surface area (Å²) >= 11 is 5.91. The van der Waals surface area contributed by atoms with Crippen molar-refractivity contribution in [2.45, 2.75) is 26.9 Å². The normalized spacial score (nSPS) is 13.3. The number of hydrogen-bond donors (Lipinski definition) is 0. The second-order valence-corrected chi connectivity index (χ2v) is 8.58. The highest BCUT2D eigenvalue weighted by Crippen LogP contribution is 2.36. The van der Waals surface area contributed by atoms with Crippen molar-refractivity contribution in [2.24, 2.45) is 0 Å². The lowest BCUT2D eigenvalue weighted by Gasteiger charge is -2.19. The number of pyridine rings is 2. The van der Waals surface area contributed by atoms with Gasteiger partial charge in [0.05, 0.1) is 5.39 Å². The van der Waals surface area contributed by atoms with E-state index < -0.39 is 6.10 Å². The van der Waals surface area contributed by atoms with Crippen LogP contribution in [0.3, 0.4) is 0 Å². The number of hydrogen-bond acceptors (Lipinski definition) is 8. The number of ether oxygens (including phenoxy) is 3. The van der Waals surface area contributed by atoms with Crippen LogP contribution < -0.4 is 19.6 Å². The molecule has 0 saturated heterocycles. The minimum atomic E-state index is -0.565. The summed E-state index contributed by atoms with van der Waals surface area (Å²) in [6, 6.07) is 10.6. The Kier molecular flexibility index (Phi) is 5.79. The number of aryl methyl sites for hydroxylation is 1. The summed E-state index contributed by atoms with van der Waals surface area (Å²) in [7, 11) is 0. The summed E-state index contributed by atoms with van der Waals surface area (Å²) in [6.45, 7) is 6.28. The topological polar surface area (TPSA) is 107 Å². The summed E-state index contributed by atoms with van der Waals surface area (Å²) < 4.78 is 23.6. The minimum Gasteiger partial charge on any atom is -0.484 e. The average Bonchev–Trinajstić information content (AvgIpc) is 2.86. The van der Waals surface area contributed by atoms with Crippen molar-refractivity contribution in [3.8, 4) is 34.8 Å². The van der Waals surface area contributed by atoms with Gasteiger partial charge in [-0.25, -0.2) is 9.97 Å². The molecule has 1 aliphatic heterocycles. The maximum Gasteiger partial charge on any atom is 0.257 e. The predicted molar refractivity (Wildman–Crippen MR) is 129 cm³/mol. The fourth-order valence-electron chi connectivity index (χ4n) is 4.05. The molecular weight excluding hydrogens is 470 g/mol. The van der Waals surface area contributed by atoms with Crippen molar-refractivity contribution < 1.29 is 18.6 Å². The molecule has 4 heterocycles. The van der Waals surface area contributed by atoms with Gasteiger partial charge in [0.25, 0.3) is 5.88 Å². The zero-order valence-corrected chi connectivity index (χ0v) is 20.0. The fourth-order valence-corrected chi connectivity index (χ4v) is 4.20. The predicted octanol–water partition coefficient (Wildman–Crippen LogP) is 5.30. The number of nitrogens with zero attached hydrogens (tertiary/aromatic N) is 3. The molecule has 0 aliphatic carbocycles. The van der Waals surface area contributed by atoms with Crippen LogP contribution in [0.4, 0.5) is 0 Å². The van der Waals surface area contributed by atoms with Crippen LogP contribution in [0.2, 0.25) is 5.15 Å². The van der Waals surface area contributed by atoms with Gasteiger partial charge in [0.1, 0.15) is 41.9 Å². The molecule has 0 amide bonds. The smallest absolute Gasteiger partial charge is 0.257 e. The Hall–Kier alpha value is -4.09. The third-order valence-electron chi connectivity index (χ3n) is 5.72. The highest BCUT2D eigenvalue weighted by atomic mass is 35.5. The second kappa shape index (κ2) is 8.93. The number of halogens is 1. The summed E-state index contributed by atoms with van der Waals surface area (Å²) in [5.41, 5.74) is 2.89. The molecule has 5 rings (SSSR count). The molecule has 4 aromatic rings. The summed E-state index contributed by atoms with van der Waals surface area (Å²) in [5, 5.41) is 10.1. The lowest BCUT2D eigenvalue weighted by atomic mass is 10.00. The Morgan fingerprint density at radius 2 is 1.97 bits per heavy atom. The molecule has 1 aliphatic rings. The minimum absolute atomic E-state index is 0.0710. The maximum atomic E-state index is 13.4. The standard InChI is InChI=1S/C26H20ClN3O5/c1-13-8-17(15(3)34-20-4-5-22(27)30-19(20)11-28)25-18(9-13)23(31)14(2)24(35-25)16-10-21-26(29-12-16)33-7-6-32-21/h4-5,8-10,12,15H,6-7H2,1-3H3/t15-/m1/s1. The molecule has 0 spiro atoms. The van der Waals surface area contributed by atoms with E-state index in [-0.39, 0.29) is 22.0 Å². The first-order valence-electron chi connectivity index (χ1n) is 10.9. The molecule has 176 valence electrons. The molecule has 9 heteroatoms. The van der Waals surface area contributed by atoms with Crippen molar-refractivity contribution in [1.82, 2.24) is 9.97 Å². The number of fused-ring (bicyclic) bond motifs is 2. The van der Waals surface area contributed by atoms with Crippen molar-refractivity contribution in [2.75, 3.05) is 13.2 Å². The Balaban J connectivity index is 1.65. The molecular formula is C26H20ClN3O5. The largest absolute Gasteiger partial charge is 0.484 e. The third-order valence-corrected chi connectivity index (χ3v) is 5.93. The fraction of sp³-hybridized carbons (Fsp3) is 0.231. The van der Waals surface area contributed by atoms with E-state index in [2.05, 4.69) is 9.97 Å². The molecule has 0 bridgehead atoms. The van der Waals surface area contributed by atoms with Crippen LogP contribution in [0.15, 0.2) is 45.7 Å². The van der Waals surface area contributed by atoms with E-state index in [0.717, 1.165) is 5.56 Å². The van der Waals surface area contributed by atoms with Crippen molar-refractivity contribution in [1.29, 1.82) is 5.26 Å². The van der Waals surface area contributed by atoms with Crippen LogP contribution in [0.5, 0.6) is 17.4 Å². The molecule has 0 fully saturated rings. The van der Waals surface area contributed by atoms with Crippen LogP contribution in [-0.4, -0.2) is 23.2 Å². The molecule has 3 aromatic heterocycles. The Morgan fingerprint density at radius 1 is 1.17 bits per heavy atom. The lowest BCUT2D eigenvalue weighted by molar-refractivity contribution is 0.164. The van der Waals surface area contributed by atoms with Gasteiger partial charge in [-0.2, -0.15) is 5.26 Å². The average molecular weight is 490 g/mol. The molecule has 0 radical (unpaired) electrons. The molecule has 1 aromatic carbocycles. The molecule has 0 unspecified atom stereocenters. The maximum absolute atomic E-state index is 13.4. The van der Waals surface area contributed by atoms with Gasteiger partial charge in [-0.1, -0.05) is 11.6 Å². The lowest BCUT2D eigenvalue weighted by Crippen LogP contribution is -2.16. The van der Waals surface area contributed by atoms with E-state index in [0.29, 0.717) is 58.3 Å².